The molecule has 2 nitrogen and oxygen atoms in total. The Kier molecular flexibility index (Phi) is 8.57. The molecule has 0 fully saturated rings. The molecule has 0 unspecified atom stereocenters. The molecule has 4 heteroatoms. The fourth-order valence-electron chi connectivity index (χ4n) is 5.37. The first kappa shape index (κ1) is 28.6. The monoisotopic (exact) mass is 488 g/mol. The van der Waals surface area contributed by atoms with E-state index in [-0.39, 0.29) is 21.7 Å². The molecule has 0 aromatic heterocycles. The molecule has 0 heterocycles. The molecule has 2 rings (SSSR count). The molecular formula is C30H46FO2P. The average Bonchev–Trinajstić information content (AvgIpc) is 2.61. The SMILES string of the molecule is Cc1cc(C(C)(C)CC(C)(C)C)ccc1OP(F)Oc1ccc(C(C)(C)CC(C)(C)C)cc1C. The third kappa shape index (κ3) is 8.26. The van der Waals surface area contributed by atoms with Crippen LogP contribution in [0.4, 0.5) is 4.20 Å². The zero-order chi connectivity index (χ0) is 26.1. The highest BCUT2D eigenvalue weighted by Gasteiger charge is 2.29. The lowest BCUT2D eigenvalue weighted by molar-refractivity contribution is 0.283. The largest absolute Gasteiger partial charge is 0.505 e. The van der Waals surface area contributed by atoms with E-state index in [1.807, 2.05) is 26.0 Å². The van der Waals surface area contributed by atoms with Gasteiger partial charge in [-0.05, 0) is 82.7 Å². The molecule has 34 heavy (non-hydrogen) atoms. The molecule has 0 saturated heterocycles. The van der Waals surface area contributed by atoms with E-state index >= 15 is 0 Å². The molecule has 2 aromatic rings. The van der Waals surface area contributed by atoms with Gasteiger partial charge >= 0.3 is 8.69 Å². The molecule has 0 saturated carbocycles. The minimum atomic E-state index is -2.59. The normalized spacial score (nSPS) is 13.4. The molecule has 0 bridgehead atoms. The van der Waals surface area contributed by atoms with Crippen LogP contribution >= 0.6 is 8.69 Å². The van der Waals surface area contributed by atoms with Crippen molar-refractivity contribution in [1.29, 1.82) is 0 Å². The summed E-state index contributed by atoms with van der Waals surface area (Å²) in [5.41, 5.74) is 4.82. The Hall–Kier alpha value is -1.60. The lowest BCUT2D eigenvalue weighted by Gasteiger charge is -2.33. The highest BCUT2D eigenvalue weighted by molar-refractivity contribution is 7.42. The summed E-state index contributed by atoms with van der Waals surface area (Å²) in [6.45, 7) is 26.5. The maximum absolute atomic E-state index is 14.9. The minimum absolute atomic E-state index is 0.0259. The van der Waals surface area contributed by atoms with Crippen LogP contribution in [0.3, 0.4) is 0 Å². The average molecular weight is 489 g/mol. The van der Waals surface area contributed by atoms with Gasteiger partial charge in [0.15, 0.2) is 0 Å². The molecule has 0 atom stereocenters. The van der Waals surface area contributed by atoms with Gasteiger partial charge in [0.25, 0.3) is 0 Å². The number of benzene rings is 2. The first-order chi connectivity index (χ1) is 15.3. The lowest BCUT2D eigenvalue weighted by Crippen LogP contribution is -2.24. The second kappa shape index (κ2) is 10.2. The van der Waals surface area contributed by atoms with Gasteiger partial charge in [-0.1, -0.05) is 93.5 Å². The van der Waals surface area contributed by atoms with Gasteiger partial charge in [0, 0.05) is 0 Å². The fraction of sp³-hybridized carbons (Fsp3) is 0.600. The van der Waals surface area contributed by atoms with Crippen LogP contribution in [0.25, 0.3) is 0 Å². The molecule has 0 amide bonds. The fourth-order valence-corrected chi connectivity index (χ4v) is 6.13. The lowest BCUT2D eigenvalue weighted by atomic mass is 9.72. The second-order valence-electron chi connectivity index (χ2n) is 13.6. The quantitative estimate of drug-likeness (QED) is 0.344. The second-order valence-corrected chi connectivity index (χ2v) is 14.4. The van der Waals surface area contributed by atoms with Crippen molar-refractivity contribution in [3.8, 4) is 11.5 Å². The number of rotatable bonds is 8. The van der Waals surface area contributed by atoms with Crippen molar-refractivity contribution in [2.75, 3.05) is 0 Å². The number of halogens is 1. The topological polar surface area (TPSA) is 18.5 Å². The van der Waals surface area contributed by atoms with Crippen molar-refractivity contribution in [3.05, 3.63) is 58.7 Å². The Morgan fingerprint density at radius 2 is 0.941 bits per heavy atom. The molecule has 0 N–H and O–H groups in total. The van der Waals surface area contributed by atoms with Crippen LogP contribution in [0.1, 0.15) is 104 Å². The van der Waals surface area contributed by atoms with Crippen molar-refractivity contribution in [2.24, 2.45) is 10.8 Å². The Bertz CT molecular complexity index is 901. The smallest absolute Gasteiger partial charge is 0.414 e. The number of hydrogen-bond acceptors (Lipinski definition) is 2. The van der Waals surface area contributed by atoms with Crippen LogP contribution in [0.2, 0.25) is 0 Å². The van der Waals surface area contributed by atoms with Crippen LogP contribution in [-0.2, 0) is 10.8 Å². The molecule has 0 aliphatic rings. The third-order valence-electron chi connectivity index (χ3n) is 6.20. The van der Waals surface area contributed by atoms with E-state index in [1.54, 1.807) is 0 Å². The summed E-state index contributed by atoms with van der Waals surface area (Å²) in [6, 6.07) is 12.1. The summed E-state index contributed by atoms with van der Waals surface area (Å²) in [4.78, 5) is 0. The van der Waals surface area contributed by atoms with Gasteiger partial charge in [-0.25, -0.2) is 0 Å². The zero-order valence-corrected chi connectivity index (χ0v) is 24.4. The first-order valence-electron chi connectivity index (χ1n) is 12.3. The molecule has 190 valence electrons. The molecular weight excluding hydrogens is 442 g/mol. The predicted octanol–water partition coefficient (Wildman–Crippen LogP) is 10.4. The van der Waals surface area contributed by atoms with E-state index < -0.39 is 8.69 Å². The number of aryl methyl sites for hydroxylation is 2. The third-order valence-corrected chi connectivity index (χ3v) is 6.88. The maximum atomic E-state index is 14.9. The highest BCUT2D eigenvalue weighted by Crippen LogP contribution is 2.45. The number of hydrogen-bond donors (Lipinski definition) is 0. The van der Waals surface area contributed by atoms with Crippen LogP contribution < -0.4 is 9.05 Å². The summed E-state index contributed by atoms with van der Waals surface area (Å²) in [5.74, 6) is 1.06. The van der Waals surface area contributed by atoms with Crippen LogP contribution in [-0.4, -0.2) is 0 Å². The van der Waals surface area contributed by atoms with Gasteiger partial charge in [0.05, 0.1) is 0 Å². The minimum Gasteiger partial charge on any atom is -0.414 e. The van der Waals surface area contributed by atoms with Gasteiger partial charge in [-0.2, -0.15) is 0 Å². The van der Waals surface area contributed by atoms with Crippen molar-refractivity contribution in [1.82, 2.24) is 0 Å². The molecule has 0 spiro atoms. The summed E-state index contributed by atoms with van der Waals surface area (Å²) in [6.07, 6.45) is 2.11. The summed E-state index contributed by atoms with van der Waals surface area (Å²) < 4.78 is 26.1. The predicted molar refractivity (Wildman–Crippen MR) is 146 cm³/mol. The van der Waals surface area contributed by atoms with E-state index in [4.69, 9.17) is 9.05 Å². The van der Waals surface area contributed by atoms with E-state index in [1.165, 1.54) is 11.1 Å². The van der Waals surface area contributed by atoms with Crippen LogP contribution in [0.5, 0.6) is 11.5 Å². The molecule has 0 aliphatic heterocycles. The Morgan fingerprint density at radius 3 is 1.21 bits per heavy atom. The van der Waals surface area contributed by atoms with E-state index in [0.29, 0.717) is 11.5 Å². The summed E-state index contributed by atoms with van der Waals surface area (Å²) in [5, 5.41) is 0. The molecule has 0 aliphatic carbocycles. The van der Waals surface area contributed by atoms with E-state index in [0.717, 1.165) is 24.0 Å². The Morgan fingerprint density at radius 1 is 0.618 bits per heavy atom. The van der Waals surface area contributed by atoms with Crippen molar-refractivity contribution < 1.29 is 13.2 Å². The van der Waals surface area contributed by atoms with Crippen molar-refractivity contribution in [3.63, 3.8) is 0 Å². The zero-order valence-electron chi connectivity index (χ0n) is 23.5. The summed E-state index contributed by atoms with van der Waals surface area (Å²) >= 11 is 0. The van der Waals surface area contributed by atoms with E-state index in [9.17, 15) is 4.20 Å². The molecule has 2 aromatic carbocycles. The van der Waals surface area contributed by atoms with Crippen LogP contribution in [0.15, 0.2) is 36.4 Å². The van der Waals surface area contributed by atoms with E-state index in [2.05, 4.69) is 93.5 Å². The van der Waals surface area contributed by atoms with Crippen molar-refractivity contribution in [2.45, 2.75) is 107 Å². The Balaban J connectivity index is 2.12. The van der Waals surface area contributed by atoms with Gasteiger partial charge < -0.3 is 9.05 Å². The molecule has 0 radical (unpaired) electrons. The van der Waals surface area contributed by atoms with Crippen molar-refractivity contribution >= 4 is 8.69 Å². The Labute approximate surface area is 209 Å². The van der Waals surface area contributed by atoms with Gasteiger partial charge in [0.1, 0.15) is 11.5 Å². The van der Waals surface area contributed by atoms with Gasteiger partial charge in [-0.15, -0.1) is 4.20 Å². The highest BCUT2D eigenvalue weighted by atomic mass is 31.2. The summed E-state index contributed by atoms with van der Waals surface area (Å²) in [7, 11) is -2.59. The van der Waals surface area contributed by atoms with Gasteiger partial charge in [0.2, 0.25) is 0 Å². The maximum Gasteiger partial charge on any atom is 0.505 e. The van der Waals surface area contributed by atoms with Crippen LogP contribution in [0, 0.1) is 24.7 Å². The standard InChI is InChI=1S/C30H46FO2P/c1-21-17-23(29(9,10)19-27(3,4)5)13-15-25(21)32-34(31)33-26-16-14-24(18-22(26)2)30(11,12)20-28(6,7)8/h13-18H,19-20H2,1-12H3. The first-order valence-corrected chi connectivity index (χ1v) is 13.4. The van der Waals surface area contributed by atoms with Gasteiger partial charge in [-0.3, -0.25) is 0 Å².